The van der Waals surface area contributed by atoms with Crippen LogP contribution in [0.1, 0.15) is 12.7 Å². The number of hydrogen-bond donors (Lipinski definition) is 1. The van der Waals surface area contributed by atoms with Crippen molar-refractivity contribution in [2.24, 2.45) is 0 Å². The van der Waals surface area contributed by atoms with Gasteiger partial charge in [0, 0.05) is 13.1 Å². The van der Waals surface area contributed by atoms with Crippen molar-refractivity contribution < 1.29 is 9.47 Å². The highest BCUT2D eigenvalue weighted by Gasteiger charge is 2.03. The summed E-state index contributed by atoms with van der Waals surface area (Å²) in [5.74, 6) is 2.44. The third-order valence-electron chi connectivity index (χ3n) is 2.93. The van der Waals surface area contributed by atoms with Gasteiger partial charge in [-0.3, -0.25) is 0 Å². The number of nitrogens with zero attached hydrogens (tertiary/aromatic N) is 3. The Kier molecular flexibility index (Phi) is 5.37. The highest BCUT2D eigenvalue weighted by atomic mass is 16.5. The van der Waals surface area contributed by atoms with Gasteiger partial charge in [-0.25, -0.2) is 0 Å². The van der Waals surface area contributed by atoms with Crippen molar-refractivity contribution in [1.82, 2.24) is 20.1 Å². The minimum atomic E-state index is 0.570. The number of aryl methyl sites for hydroxylation is 1. The smallest absolute Gasteiger partial charge is 0.161 e. The van der Waals surface area contributed by atoms with Crippen LogP contribution in [0.15, 0.2) is 30.6 Å². The normalized spacial score (nSPS) is 10.5. The molecule has 0 aliphatic heterocycles. The van der Waals surface area contributed by atoms with Gasteiger partial charge < -0.3 is 19.4 Å². The third-order valence-corrected chi connectivity index (χ3v) is 2.93. The molecule has 6 heteroatoms. The van der Waals surface area contributed by atoms with E-state index in [0.29, 0.717) is 13.2 Å². The number of aromatic nitrogens is 3. The first-order valence-electron chi connectivity index (χ1n) is 6.68. The van der Waals surface area contributed by atoms with Gasteiger partial charge in [-0.1, -0.05) is 12.1 Å². The average Bonchev–Trinajstić information content (AvgIpc) is 2.95. The Balaban J connectivity index is 1.72. The van der Waals surface area contributed by atoms with E-state index in [2.05, 4.69) is 22.4 Å². The molecule has 0 radical (unpaired) electrons. The minimum Gasteiger partial charge on any atom is -0.493 e. The fourth-order valence-electron chi connectivity index (χ4n) is 1.85. The Hall–Kier alpha value is -2.08. The van der Waals surface area contributed by atoms with Crippen LogP contribution in [0.4, 0.5) is 0 Å². The van der Waals surface area contributed by atoms with E-state index in [-0.39, 0.29) is 0 Å². The van der Waals surface area contributed by atoms with Gasteiger partial charge in [-0.05, 0) is 19.1 Å². The van der Waals surface area contributed by atoms with Crippen molar-refractivity contribution in [3.63, 3.8) is 0 Å². The van der Waals surface area contributed by atoms with Crippen LogP contribution in [-0.4, -0.2) is 35.0 Å². The number of ether oxygens (including phenoxy) is 2. The van der Waals surface area contributed by atoms with Crippen LogP contribution in [-0.2, 0) is 13.1 Å². The number of nitrogens with one attached hydrogen (secondary N) is 1. The summed E-state index contributed by atoms with van der Waals surface area (Å²) in [6, 6.07) is 7.62. The van der Waals surface area contributed by atoms with Crippen LogP contribution >= 0.6 is 0 Å². The molecule has 0 aliphatic carbocycles. The molecule has 1 heterocycles. The van der Waals surface area contributed by atoms with Crippen LogP contribution in [0.3, 0.4) is 0 Å². The molecule has 1 N–H and O–H groups in total. The molecule has 0 unspecified atom stereocenters. The molecule has 0 atom stereocenters. The lowest BCUT2D eigenvalue weighted by Gasteiger charge is -2.10. The molecule has 0 amide bonds. The topological polar surface area (TPSA) is 61.2 Å². The maximum Gasteiger partial charge on any atom is 0.161 e. The zero-order valence-electron chi connectivity index (χ0n) is 11.9. The summed E-state index contributed by atoms with van der Waals surface area (Å²) in [6.45, 7) is 4.93. The molecule has 0 fully saturated rings. The molecule has 0 bridgehead atoms. The van der Waals surface area contributed by atoms with Gasteiger partial charge in [0.2, 0.25) is 0 Å². The van der Waals surface area contributed by atoms with E-state index in [0.717, 1.165) is 30.4 Å². The summed E-state index contributed by atoms with van der Waals surface area (Å²) in [5.41, 5.74) is 0. The minimum absolute atomic E-state index is 0.570. The standard InChI is InChI=1S/C14H20N4O2/c1-3-18-11-16-17-14(18)10-15-8-9-20-13-7-5-4-6-12(13)19-2/h4-7,11,15H,3,8-10H2,1-2H3. The molecule has 0 aliphatic rings. The van der Waals surface area contributed by atoms with Crippen molar-refractivity contribution >= 4 is 0 Å². The molecule has 0 spiro atoms. The van der Waals surface area contributed by atoms with Crippen LogP contribution in [0.25, 0.3) is 0 Å². The number of hydrogen-bond acceptors (Lipinski definition) is 5. The molecule has 2 rings (SSSR count). The average molecular weight is 276 g/mol. The SMILES string of the molecule is CCn1cnnc1CNCCOc1ccccc1OC. The highest BCUT2D eigenvalue weighted by molar-refractivity contribution is 5.39. The lowest BCUT2D eigenvalue weighted by Crippen LogP contribution is -2.22. The Bertz CT molecular complexity index is 527. The van der Waals surface area contributed by atoms with Crippen molar-refractivity contribution in [2.75, 3.05) is 20.3 Å². The largest absolute Gasteiger partial charge is 0.493 e. The Morgan fingerprint density at radius 3 is 2.80 bits per heavy atom. The second-order valence-corrected chi connectivity index (χ2v) is 4.21. The lowest BCUT2D eigenvalue weighted by atomic mass is 10.3. The van der Waals surface area contributed by atoms with E-state index in [9.17, 15) is 0 Å². The lowest BCUT2D eigenvalue weighted by molar-refractivity contribution is 0.291. The summed E-state index contributed by atoms with van der Waals surface area (Å²) in [6.07, 6.45) is 1.74. The highest BCUT2D eigenvalue weighted by Crippen LogP contribution is 2.25. The van der Waals surface area contributed by atoms with Gasteiger partial charge in [0.25, 0.3) is 0 Å². The van der Waals surface area contributed by atoms with E-state index in [1.165, 1.54) is 0 Å². The maximum atomic E-state index is 5.67. The molecule has 1 aromatic heterocycles. The fourth-order valence-corrected chi connectivity index (χ4v) is 1.85. The van der Waals surface area contributed by atoms with E-state index in [1.807, 2.05) is 28.8 Å². The van der Waals surface area contributed by atoms with Crippen LogP contribution in [0.2, 0.25) is 0 Å². The molecular formula is C14H20N4O2. The third kappa shape index (κ3) is 3.71. The summed E-state index contributed by atoms with van der Waals surface area (Å²) in [4.78, 5) is 0. The first kappa shape index (κ1) is 14.3. The van der Waals surface area contributed by atoms with Gasteiger partial charge in [0.15, 0.2) is 11.5 Å². The molecule has 0 saturated heterocycles. The first-order valence-corrected chi connectivity index (χ1v) is 6.68. The maximum absolute atomic E-state index is 5.67. The van der Waals surface area contributed by atoms with Crippen molar-refractivity contribution in [1.29, 1.82) is 0 Å². The number of methoxy groups -OCH3 is 1. The Morgan fingerprint density at radius 1 is 1.25 bits per heavy atom. The predicted octanol–water partition coefficient (Wildman–Crippen LogP) is 1.48. The predicted molar refractivity (Wildman–Crippen MR) is 75.9 cm³/mol. The Labute approximate surface area is 118 Å². The summed E-state index contributed by atoms with van der Waals surface area (Å²) in [5, 5.41) is 11.2. The number of benzene rings is 1. The second-order valence-electron chi connectivity index (χ2n) is 4.21. The first-order chi connectivity index (χ1) is 9.85. The van der Waals surface area contributed by atoms with Gasteiger partial charge in [-0.15, -0.1) is 10.2 Å². The van der Waals surface area contributed by atoms with Crippen molar-refractivity contribution in [3.8, 4) is 11.5 Å². The van der Waals surface area contributed by atoms with E-state index in [1.54, 1.807) is 13.4 Å². The second kappa shape index (κ2) is 7.49. The zero-order chi connectivity index (χ0) is 14.2. The molecule has 1 aromatic carbocycles. The molecule has 0 saturated carbocycles. The Morgan fingerprint density at radius 2 is 2.05 bits per heavy atom. The molecule has 6 nitrogen and oxygen atoms in total. The van der Waals surface area contributed by atoms with Crippen molar-refractivity contribution in [3.05, 3.63) is 36.4 Å². The van der Waals surface area contributed by atoms with E-state index < -0.39 is 0 Å². The fraction of sp³-hybridized carbons (Fsp3) is 0.429. The van der Waals surface area contributed by atoms with E-state index in [4.69, 9.17) is 9.47 Å². The van der Waals surface area contributed by atoms with Gasteiger partial charge >= 0.3 is 0 Å². The summed E-state index contributed by atoms with van der Waals surface area (Å²) >= 11 is 0. The summed E-state index contributed by atoms with van der Waals surface area (Å²) in [7, 11) is 1.64. The summed E-state index contributed by atoms with van der Waals surface area (Å²) < 4.78 is 12.9. The molecule has 20 heavy (non-hydrogen) atoms. The molecular weight excluding hydrogens is 256 g/mol. The van der Waals surface area contributed by atoms with Gasteiger partial charge in [0.05, 0.1) is 13.7 Å². The monoisotopic (exact) mass is 276 g/mol. The van der Waals surface area contributed by atoms with Crippen LogP contribution in [0, 0.1) is 0 Å². The number of rotatable bonds is 8. The quantitative estimate of drug-likeness (QED) is 0.740. The zero-order valence-corrected chi connectivity index (χ0v) is 11.9. The van der Waals surface area contributed by atoms with Gasteiger partial charge in [0.1, 0.15) is 18.8 Å². The van der Waals surface area contributed by atoms with Crippen LogP contribution < -0.4 is 14.8 Å². The number of para-hydroxylation sites is 2. The molecule has 2 aromatic rings. The molecule has 108 valence electrons. The van der Waals surface area contributed by atoms with Gasteiger partial charge in [-0.2, -0.15) is 0 Å². The van der Waals surface area contributed by atoms with E-state index >= 15 is 0 Å². The van der Waals surface area contributed by atoms with Crippen LogP contribution in [0.5, 0.6) is 11.5 Å². The van der Waals surface area contributed by atoms with Crippen molar-refractivity contribution in [2.45, 2.75) is 20.0 Å².